The summed E-state index contributed by atoms with van der Waals surface area (Å²) in [4.78, 5) is 13.0. The Morgan fingerprint density at radius 3 is 3.04 bits per heavy atom. The number of aryl methyl sites for hydroxylation is 1. The van der Waals surface area contributed by atoms with Crippen LogP contribution in [0, 0.1) is 6.92 Å². The van der Waals surface area contributed by atoms with E-state index in [1.807, 2.05) is 29.6 Å². The number of nitrogens with zero attached hydrogens (tertiary/aromatic N) is 4. The summed E-state index contributed by atoms with van der Waals surface area (Å²) >= 11 is 7.57. The van der Waals surface area contributed by atoms with Crippen molar-refractivity contribution in [2.75, 3.05) is 5.32 Å². The molecule has 2 heterocycles. The summed E-state index contributed by atoms with van der Waals surface area (Å²) in [5.74, 6) is 1.41. The molecule has 6 nitrogen and oxygen atoms in total. The molecule has 1 saturated carbocycles. The molecule has 3 aromatic rings. The lowest BCUT2D eigenvalue weighted by atomic mass is 10.2. The maximum Gasteiger partial charge on any atom is 0.234 e. The first-order valence-electron chi connectivity index (χ1n) is 7.88. The van der Waals surface area contributed by atoms with Crippen LogP contribution >= 0.6 is 22.9 Å². The Morgan fingerprint density at radius 2 is 2.25 bits per heavy atom. The lowest BCUT2D eigenvalue weighted by Crippen LogP contribution is -2.13. The number of amides is 1. The monoisotopic (exact) mass is 361 g/mol. The lowest BCUT2D eigenvalue weighted by Gasteiger charge is -2.08. The molecule has 24 heavy (non-hydrogen) atoms. The number of aromatic nitrogens is 4. The van der Waals surface area contributed by atoms with Crippen LogP contribution < -0.4 is 5.32 Å². The molecule has 0 radical (unpaired) electrons. The molecule has 0 bridgehead atoms. The number of carbonyl (C=O) groups excluding carboxylic acids is 1. The van der Waals surface area contributed by atoms with Crippen molar-refractivity contribution < 1.29 is 4.79 Å². The molecule has 1 aliphatic carbocycles. The third-order valence-corrected chi connectivity index (χ3v) is 5.48. The van der Waals surface area contributed by atoms with Crippen LogP contribution in [0.15, 0.2) is 18.2 Å². The minimum Gasteiger partial charge on any atom is -0.326 e. The highest BCUT2D eigenvalue weighted by Crippen LogP contribution is 2.39. The Bertz CT molecular complexity index is 914. The Morgan fingerprint density at radius 1 is 1.42 bits per heavy atom. The topological polar surface area (TPSA) is 72.2 Å². The highest BCUT2D eigenvalue weighted by atomic mass is 35.5. The van der Waals surface area contributed by atoms with Crippen molar-refractivity contribution >= 4 is 39.5 Å². The maximum absolute atomic E-state index is 12.2. The zero-order chi connectivity index (χ0) is 16.7. The van der Waals surface area contributed by atoms with Crippen LogP contribution in [0.3, 0.4) is 0 Å². The number of anilines is 1. The molecule has 2 aromatic heterocycles. The summed E-state index contributed by atoms with van der Waals surface area (Å²) in [6.07, 6.45) is 3.28. The Kier molecular flexibility index (Phi) is 3.97. The van der Waals surface area contributed by atoms with Gasteiger partial charge in [0.2, 0.25) is 10.9 Å². The van der Waals surface area contributed by atoms with Crippen molar-refractivity contribution in [2.24, 2.45) is 0 Å². The largest absolute Gasteiger partial charge is 0.326 e. The molecule has 0 unspecified atom stereocenters. The average Bonchev–Trinajstić information content (AvgIpc) is 3.19. The number of rotatable bonds is 5. The summed E-state index contributed by atoms with van der Waals surface area (Å²) in [5.41, 5.74) is 1.63. The van der Waals surface area contributed by atoms with E-state index in [0.29, 0.717) is 23.8 Å². The summed E-state index contributed by atoms with van der Waals surface area (Å²) in [6.45, 7) is 1.89. The highest BCUT2D eigenvalue weighted by Gasteiger charge is 2.30. The van der Waals surface area contributed by atoms with Crippen molar-refractivity contribution in [2.45, 2.75) is 38.5 Å². The number of nitrogens with one attached hydrogen (secondary N) is 1. The molecule has 1 aromatic carbocycles. The van der Waals surface area contributed by atoms with E-state index in [9.17, 15) is 4.79 Å². The van der Waals surface area contributed by atoms with E-state index in [4.69, 9.17) is 11.6 Å². The Hall–Kier alpha value is -1.99. The molecular formula is C16H16ClN5OS. The van der Waals surface area contributed by atoms with Crippen LogP contribution in [0.4, 0.5) is 5.69 Å². The van der Waals surface area contributed by atoms with Gasteiger partial charge in [-0.3, -0.25) is 4.79 Å². The van der Waals surface area contributed by atoms with Crippen LogP contribution in [-0.2, 0) is 11.2 Å². The van der Waals surface area contributed by atoms with Gasteiger partial charge < -0.3 is 5.32 Å². The first kappa shape index (κ1) is 15.5. The third kappa shape index (κ3) is 3.01. The summed E-state index contributed by atoms with van der Waals surface area (Å²) in [7, 11) is 0. The van der Waals surface area contributed by atoms with Gasteiger partial charge in [-0.05, 0) is 37.5 Å². The van der Waals surface area contributed by atoms with Gasteiger partial charge in [-0.1, -0.05) is 29.0 Å². The fraction of sp³-hybridized carbons (Fsp3) is 0.375. The van der Waals surface area contributed by atoms with Crippen LogP contribution in [0.25, 0.3) is 4.96 Å². The second kappa shape index (κ2) is 6.14. The fourth-order valence-electron chi connectivity index (χ4n) is 2.54. The second-order valence-corrected chi connectivity index (χ2v) is 7.43. The van der Waals surface area contributed by atoms with E-state index in [1.54, 1.807) is 0 Å². The molecule has 4 rings (SSSR count). The summed E-state index contributed by atoms with van der Waals surface area (Å²) < 4.78 is 1.83. The molecule has 0 aliphatic heterocycles. The van der Waals surface area contributed by atoms with E-state index in [-0.39, 0.29) is 5.91 Å². The minimum absolute atomic E-state index is 0.0475. The average molecular weight is 362 g/mol. The summed E-state index contributed by atoms with van der Waals surface area (Å²) in [6, 6.07) is 5.49. The smallest absolute Gasteiger partial charge is 0.234 e. The predicted molar refractivity (Wildman–Crippen MR) is 93.8 cm³/mol. The Labute approximate surface area is 147 Å². The van der Waals surface area contributed by atoms with Gasteiger partial charge in [-0.2, -0.15) is 9.61 Å². The van der Waals surface area contributed by atoms with Gasteiger partial charge in [0, 0.05) is 29.5 Å². The summed E-state index contributed by atoms with van der Waals surface area (Å²) in [5, 5.41) is 17.4. The van der Waals surface area contributed by atoms with Gasteiger partial charge >= 0.3 is 0 Å². The zero-order valence-corrected chi connectivity index (χ0v) is 14.7. The molecule has 0 atom stereocenters. The molecule has 0 saturated heterocycles. The molecule has 1 N–H and O–H groups in total. The van der Waals surface area contributed by atoms with Gasteiger partial charge in [0.05, 0.1) is 0 Å². The van der Waals surface area contributed by atoms with E-state index in [0.717, 1.165) is 39.9 Å². The minimum atomic E-state index is -0.0475. The quantitative estimate of drug-likeness (QED) is 0.753. The Balaban J connectivity index is 1.41. The first-order valence-corrected chi connectivity index (χ1v) is 9.07. The second-order valence-electron chi connectivity index (χ2n) is 5.98. The van der Waals surface area contributed by atoms with Crippen LogP contribution in [0.1, 0.15) is 41.6 Å². The van der Waals surface area contributed by atoms with Crippen molar-refractivity contribution in [3.05, 3.63) is 39.6 Å². The lowest BCUT2D eigenvalue weighted by molar-refractivity contribution is -0.116. The van der Waals surface area contributed by atoms with Crippen molar-refractivity contribution in [3.8, 4) is 0 Å². The number of benzene rings is 1. The highest BCUT2D eigenvalue weighted by molar-refractivity contribution is 7.16. The molecule has 124 valence electrons. The zero-order valence-electron chi connectivity index (χ0n) is 13.1. The number of halogens is 1. The molecule has 1 fully saturated rings. The van der Waals surface area contributed by atoms with Gasteiger partial charge in [-0.25, -0.2) is 0 Å². The van der Waals surface area contributed by atoms with Crippen molar-refractivity contribution in [1.82, 2.24) is 19.8 Å². The number of fused-ring (bicyclic) bond motifs is 1. The normalized spacial score (nSPS) is 14.2. The number of carbonyl (C=O) groups is 1. The van der Waals surface area contributed by atoms with Gasteiger partial charge in [0.1, 0.15) is 5.01 Å². The standard InChI is InChI=1S/C16H16ClN5OS/c1-9-11(17)3-2-4-12(9)18-13(23)7-8-14-21-22-15(10-5-6-10)19-20-16(22)24-14/h2-4,10H,5-8H2,1H3,(H,18,23). The fourth-order valence-corrected chi connectivity index (χ4v) is 3.56. The number of hydrogen-bond acceptors (Lipinski definition) is 5. The molecule has 1 aliphatic rings. The van der Waals surface area contributed by atoms with E-state index in [1.165, 1.54) is 11.3 Å². The third-order valence-electron chi connectivity index (χ3n) is 4.11. The van der Waals surface area contributed by atoms with E-state index >= 15 is 0 Å². The SMILES string of the molecule is Cc1c(Cl)cccc1NC(=O)CCc1nn2c(C3CC3)nnc2s1. The van der Waals surface area contributed by atoms with Crippen LogP contribution in [0.5, 0.6) is 0 Å². The van der Waals surface area contributed by atoms with Crippen LogP contribution in [-0.4, -0.2) is 25.7 Å². The maximum atomic E-state index is 12.2. The number of hydrogen-bond donors (Lipinski definition) is 1. The van der Waals surface area contributed by atoms with Crippen LogP contribution in [0.2, 0.25) is 5.02 Å². The van der Waals surface area contributed by atoms with Gasteiger partial charge in [0.15, 0.2) is 5.82 Å². The van der Waals surface area contributed by atoms with Gasteiger partial charge in [0.25, 0.3) is 0 Å². The van der Waals surface area contributed by atoms with E-state index < -0.39 is 0 Å². The first-order chi connectivity index (χ1) is 11.6. The molecule has 8 heteroatoms. The molecule has 1 amide bonds. The predicted octanol–water partition coefficient (Wildman–Crippen LogP) is 3.60. The van der Waals surface area contributed by atoms with Gasteiger partial charge in [-0.15, -0.1) is 10.2 Å². The molecular weight excluding hydrogens is 346 g/mol. The molecule has 0 spiro atoms. The van der Waals surface area contributed by atoms with E-state index in [2.05, 4.69) is 20.6 Å². The van der Waals surface area contributed by atoms with Crippen molar-refractivity contribution in [3.63, 3.8) is 0 Å². The van der Waals surface area contributed by atoms with Crippen molar-refractivity contribution in [1.29, 1.82) is 0 Å².